The third kappa shape index (κ3) is 6.20. The molecule has 8 nitrogen and oxygen atoms in total. The van der Waals surface area contributed by atoms with Crippen LogP contribution in [0.1, 0.15) is 56.7 Å². The first-order chi connectivity index (χ1) is 16.0. The van der Waals surface area contributed by atoms with Crippen LogP contribution >= 0.6 is 7.60 Å². The predicted octanol–water partition coefficient (Wildman–Crippen LogP) is 4.06. The monoisotopic (exact) mass is 511 g/mol. The van der Waals surface area contributed by atoms with E-state index in [1.807, 2.05) is 37.3 Å². The van der Waals surface area contributed by atoms with Crippen LogP contribution in [0.15, 0.2) is 47.4 Å². The zero-order chi connectivity index (χ0) is 25.0. The Bertz CT molecular complexity index is 1130. The molecular weight excluding hydrogens is 477 g/mol. The van der Waals surface area contributed by atoms with Gasteiger partial charge in [-0.15, -0.1) is 0 Å². The number of fused-ring (bicyclic) bond motifs is 1. The van der Waals surface area contributed by atoms with Crippen LogP contribution in [0, 0.1) is 0 Å². The van der Waals surface area contributed by atoms with Gasteiger partial charge in [-0.2, -0.15) is 0 Å². The van der Waals surface area contributed by atoms with Crippen LogP contribution in [-0.4, -0.2) is 49.4 Å². The summed E-state index contributed by atoms with van der Waals surface area (Å²) in [6.45, 7) is 3.83. The summed E-state index contributed by atoms with van der Waals surface area (Å²) >= 11 is 0. The summed E-state index contributed by atoms with van der Waals surface area (Å²) in [6, 6.07) is 12.4. The molecular formula is C24H34NO7PS. The van der Waals surface area contributed by atoms with Gasteiger partial charge in [-0.3, -0.25) is 9.88 Å². The maximum absolute atomic E-state index is 13.7. The highest BCUT2D eigenvalue weighted by Crippen LogP contribution is 2.43. The molecule has 2 aromatic carbocycles. The molecule has 188 valence electrons. The first-order valence-corrected chi connectivity index (χ1v) is 14.9. The maximum atomic E-state index is 13.7. The number of rotatable bonds is 10. The fourth-order valence-electron chi connectivity index (χ4n) is 4.41. The van der Waals surface area contributed by atoms with Crippen molar-refractivity contribution in [2.45, 2.75) is 56.0 Å². The molecule has 0 saturated heterocycles. The van der Waals surface area contributed by atoms with E-state index in [0.29, 0.717) is 17.7 Å². The van der Waals surface area contributed by atoms with Gasteiger partial charge in [-0.1, -0.05) is 57.0 Å². The average Bonchev–Trinajstić information content (AvgIpc) is 2.89. The smallest absolute Gasteiger partial charge is 0.328 e. The Morgan fingerprint density at radius 1 is 1.15 bits per heavy atom. The SMILES string of the molecule is CCCC[C@]1(CC)CS(=O)(=O)c2cc(OCCP(=O)(O)O)c(OC)cc2[C@@H](c2ccccc2)N1. The quantitative estimate of drug-likeness (QED) is 0.408. The van der Waals surface area contributed by atoms with Gasteiger partial charge in [0.1, 0.15) is 0 Å². The molecule has 2 aromatic rings. The summed E-state index contributed by atoms with van der Waals surface area (Å²) in [7, 11) is -6.53. The van der Waals surface area contributed by atoms with Crippen molar-refractivity contribution in [1.82, 2.24) is 5.32 Å². The molecule has 1 heterocycles. The number of methoxy groups -OCH3 is 1. The van der Waals surface area contributed by atoms with Gasteiger partial charge in [0.05, 0.1) is 36.6 Å². The Morgan fingerprint density at radius 2 is 1.85 bits per heavy atom. The minimum Gasteiger partial charge on any atom is -0.493 e. The van der Waals surface area contributed by atoms with Crippen molar-refractivity contribution in [2.75, 3.05) is 25.6 Å². The number of ether oxygens (including phenoxy) is 2. The lowest BCUT2D eigenvalue weighted by Crippen LogP contribution is -2.50. The van der Waals surface area contributed by atoms with Crippen molar-refractivity contribution < 1.29 is 32.2 Å². The lowest BCUT2D eigenvalue weighted by molar-refractivity contribution is 0.291. The number of hydrogen-bond acceptors (Lipinski definition) is 6. The normalized spacial score (nSPS) is 22.0. The number of nitrogens with one attached hydrogen (secondary N) is 1. The van der Waals surface area contributed by atoms with Gasteiger partial charge in [0.25, 0.3) is 0 Å². The number of sulfone groups is 1. The summed E-state index contributed by atoms with van der Waals surface area (Å²) in [5.74, 6) is 0.392. The third-order valence-corrected chi connectivity index (χ3v) is 9.04. The van der Waals surface area contributed by atoms with Gasteiger partial charge in [0.2, 0.25) is 0 Å². The second-order valence-electron chi connectivity index (χ2n) is 8.76. The lowest BCUT2D eigenvalue weighted by atomic mass is 9.88. The van der Waals surface area contributed by atoms with Gasteiger partial charge >= 0.3 is 7.60 Å². The van der Waals surface area contributed by atoms with E-state index in [4.69, 9.17) is 19.3 Å². The Kier molecular flexibility index (Phi) is 8.47. The van der Waals surface area contributed by atoms with E-state index in [2.05, 4.69) is 12.2 Å². The molecule has 0 spiro atoms. The third-order valence-electron chi connectivity index (χ3n) is 6.32. The molecule has 10 heteroatoms. The molecule has 0 saturated carbocycles. The molecule has 0 aromatic heterocycles. The Labute approximate surface area is 201 Å². The summed E-state index contributed by atoms with van der Waals surface area (Å²) < 4.78 is 49.8. The maximum Gasteiger partial charge on any atom is 0.328 e. The van der Waals surface area contributed by atoms with E-state index in [1.54, 1.807) is 6.07 Å². The van der Waals surface area contributed by atoms with Gasteiger partial charge < -0.3 is 19.3 Å². The largest absolute Gasteiger partial charge is 0.493 e. The van der Waals surface area contributed by atoms with E-state index in [1.165, 1.54) is 13.2 Å². The van der Waals surface area contributed by atoms with E-state index >= 15 is 0 Å². The molecule has 0 radical (unpaired) electrons. The topological polar surface area (TPSA) is 122 Å². The summed E-state index contributed by atoms with van der Waals surface area (Å²) in [4.78, 5) is 18.4. The predicted molar refractivity (Wildman–Crippen MR) is 131 cm³/mol. The van der Waals surface area contributed by atoms with Gasteiger partial charge in [0.15, 0.2) is 21.3 Å². The molecule has 3 rings (SSSR count). The number of benzene rings is 2. The number of hydrogen-bond donors (Lipinski definition) is 3. The van der Waals surface area contributed by atoms with Crippen molar-refractivity contribution in [3.8, 4) is 11.5 Å². The Balaban J connectivity index is 2.16. The van der Waals surface area contributed by atoms with Crippen LogP contribution < -0.4 is 14.8 Å². The minimum absolute atomic E-state index is 0.0545. The van der Waals surface area contributed by atoms with Crippen molar-refractivity contribution in [3.05, 3.63) is 53.6 Å². The molecule has 2 atom stereocenters. The lowest BCUT2D eigenvalue weighted by Gasteiger charge is -2.36. The van der Waals surface area contributed by atoms with E-state index in [-0.39, 0.29) is 29.0 Å². The molecule has 0 fully saturated rings. The summed E-state index contributed by atoms with van der Waals surface area (Å²) in [5.41, 5.74) is 0.896. The van der Waals surface area contributed by atoms with Crippen LogP contribution in [0.4, 0.5) is 0 Å². The fourth-order valence-corrected chi connectivity index (χ4v) is 6.88. The molecule has 3 N–H and O–H groups in total. The highest BCUT2D eigenvalue weighted by molar-refractivity contribution is 7.91. The molecule has 0 aliphatic carbocycles. The summed E-state index contributed by atoms with van der Waals surface area (Å²) in [5, 5.41) is 3.70. The zero-order valence-electron chi connectivity index (χ0n) is 19.9. The van der Waals surface area contributed by atoms with Crippen LogP contribution in [-0.2, 0) is 14.4 Å². The van der Waals surface area contributed by atoms with E-state index < -0.39 is 29.1 Å². The molecule has 34 heavy (non-hydrogen) atoms. The van der Waals surface area contributed by atoms with Crippen molar-refractivity contribution >= 4 is 17.4 Å². The Morgan fingerprint density at radius 3 is 2.44 bits per heavy atom. The van der Waals surface area contributed by atoms with Crippen LogP contribution in [0.3, 0.4) is 0 Å². The minimum atomic E-state index is -4.26. The van der Waals surface area contributed by atoms with Crippen LogP contribution in [0.2, 0.25) is 0 Å². The zero-order valence-corrected chi connectivity index (χ0v) is 21.6. The van der Waals surface area contributed by atoms with Crippen molar-refractivity contribution in [3.63, 3.8) is 0 Å². The molecule has 0 unspecified atom stereocenters. The average molecular weight is 512 g/mol. The van der Waals surface area contributed by atoms with E-state index in [9.17, 15) is 13.0 Å². The van der Waals surface area contributed by atoms with Gasteiger partial charge in [0, 0.05) is 11.6 Å². The second kappa shape index (κ2) is 10.8. The molecule has 1 aliphatic rings. The fraction of sp³-hybridized carbons (Fsp3) is 0.500. The van der Waals surface area contributed by atoms with Crippen LogP contribution in [0.5, 0.6) is 11.5 Å². The van der Waals surface area contributed by atoms with Crippen molar-refractivity contribution in [2.24, 2.45) is 0 Å². The van der Waals surface area contributed by atoms with Crippen LogP contribution in [0.25, 0.3) is 0 Å². The molecule has 1 aliphatic heterocycles. The Hall–Kier alpha value is -1.90. The molecule has 0 amide bonds. The second-order valence-corrected chi connectivity index (χ2v) is 12.5. The number of unbranched alkanes of at least 4 members (excludes halogenated alkanes) is 1. The standard InChI is InChI=1S/C24H34NO7PS/c1-4-6-12-24(5-2)17-34(29,30)22-16-21(32-13-14-33(26,27)28)20(31-3)15-19(22)23(25-24)18-10-8-7-9-11-18/h7-11,15-16,23,25H,4-6,12-14,17H2,1-3H3,(H2,26,27,28)/t23-,24-/m1/s1. The van der Waals surface area contributed by atoms with Crippen molar-refractivity contribution in [1.29, 1.82) is 0 Å². The highest BCUT2D eigenvalue weighted by Gasteiger charge is 2.42. The van der Waals surface area contributed by atoms with Gasteiger partial charge in [-0.25, -0.2) is 8.42 Å². The molecule has 0 bridgehead atoms. The first-order valence-electron chi connectivity index (χ1n) is 11.5. The highest BCUT2D eigenvalue weighted by atomic mass is 32.2. The van der Waals surface area contributed by atoms with Gasteiger partial charge in [-0.05, 0) is 30.0 Å². The first kappa shape index (κ1) is 26.7. The summed E-state index contributed by atoms with van der Waals surface area (Å²) in [6.07, 6.45) is 2.74. The van der Waals surface area contributed by atoms with E-state index in [0.717, 1.165) is 24.8 Å².